The molecule has 0 saturated heterocycles. The third-order valence-corrected chi connectivity index (χ3v) is 12.0. The third kappa shape index (κ3) is 17.7. The second-order valence-corrected chi connectivity index (χ2v) is 19.5. The lowest BCUT2D eigenvalue weighted by atomic mass is 9.46. The minimum atomic E-state index is -1.05. The molecule has 0 spiro atoms. The Labute approximate surface area is 344 Å². The number of amides is 2. The summed E-state index contributed by atoms with van der Waals surface area (Å²) < 4.78 is 11.0. The molecule has 3 atom stereocenters. The van der Waals surface area contributed by atoms with Crippen LogP contribution in [0.5, 0.6) is 0 Å². The van der Waals surface area contributed by atoms with E-state index in [0.717, 1.165) is 24.8 Å². The highest BCUT2D eigenvalue weighted by Gasteiger charge is 2.59. The fraction of sp³-hybridized carbons (Fsp3) is 0.814. The predicted molar refractivity (Wildman–Crippen MR) is 227 cm³/mol. The van der Waals surface area contributed by atoms with Gasteiger partial charge in [0.1, 0.15) is 19.5 Å². The molecule has 0 bridgehead atoms. The fourth-order valence-electron chi connectivity index (χ4n) is 7.20. The number of hydrogen-bond donors (Lipinski definition) is 4. The van der Waals surface area contributed by atoms with Crippen LogP contribution in [0.1, 0.15) is 148 Å². The van der Waals surface area contributed by atoms with Gasteiger partial charge in [-0.3, -0.25) is 24.0 Å². The number of ether oxygens (including phenoxy) is 2. The highest BCUT2D eigenvalue weighted by Crippen LogP contribution is 2.62. The average Bonchev–Trinajstić information content (AvgIpc) is 3.07. The van der Waals surface area contributed by atoms with Gasteiger partial charge in [-0.2, -0.15) is 12.6 Å². The molecule has 0 heterocycles. The summed E-state index contributed by atoms with van der Waals surface area (Å²) in [5.41, 5.74) is 2.98. The topological polar surface area (TPSA) is 182 Å². The van der Waals surface area contributed by atoms with Gasteiger partial charge in [-0.1, -0.05) is 88.3 Å². The SMILES string of the molecule is C=C(CCCCN(CCNC(=O)CCC(=O)O)C(=O)CCC=O)C(C)(CC(C)(C)C(C)(C)C(C)(CC(C)(C)C)C(=O)OCCOC(=O)C(C)S)C(C)(C)C.CN. The van der Waals surface area contributed by atoms with E-state index in [-0.39, 0.29) is 86.0 Å². The number of thiol groups is 1. The van der Waals surface area contributed by atoms with Gasteiger partial charge in [0, 0.05) is 38.9 Å². The molecule has 0 aromatic rings. The van der Waals surface area contributed by atoms with Crippen LogP contribution < -0.4 is 11.1 Å². The van der Waals surface area contributed by atoms with Crippen molar-refractivity contribution in [2.24, 2.45) is 38.2 Å². The van der Waals surface area contributed by atoms with Crippen LogP contribution in [0.2, 0.25) is 0 Å². The van der Waals surface area contributed by atoms with E-state index in [2.05, 4.69) is 106 Å². The van der Waals surface area contributed by atoms with Crippen molar-refractivity contribution in [2.45, 2.75) is 153 Å². The maximum atomic E-state index is 14.1. The summed E-state index contributed by atoms with van der Waals surface area (Å²) in [5.74, 6) is -2.40. The van der Waals surface area contributed by atoms with Crippen LogP contribution >= 0.6 is 12.6 Å². The summed E-state index contributed by atoms with van der Waals surface area (Å²) in [7, 11) is 1.50. The molecule has 0 radical (unpaired) electrons. The van der Waals surface area contributed by atoms with Crippen molar-refractivity contribution in [1.29, 1.82) is 0 Å². The van der Waals surface area contributed by atoms with Gasteiger partial charge in [0.15, 0.2) is 0 Å². The van der Waals surface area contributed by atoms with Crippen LogP contribution in [0, 0.1) is 32.5 Å². The quantitative estimate of drug-likeness (QED) is 0.0238. The molecular weight excluding hydrogens is 735 g/mol. The van der Waals surface area contributed by atoms with E-state index in [1.807, 2.05) is 6.92 Å². The van der Waals surface area contributed by atoms with Crippen molar-refractivity contribution in [3.8, 4) is 0 Å². The third-order valence-electron chi connectivity index (χ3n) is 11.8. The molecule has 326 valence electrons. The van der Waals surface area contributed by atoms with E-state index in [1.165, 1.54) is 7.05 Å². The number of carboxylic acid groups (broad SMARTS) is 1. The number of carbonyl (C=O) groups is 6. The number of nitrogens with zero attached hydrogens (tertiary/aromatic N) is 1. The van der Waals surface area contributed by atoms with Crippen LogP contribution in [0.15, 0.2) is 12.2 Å². The van der Waals surface area contributed by atoms with Crippen LogP contribution in [0.3, 0.4) is 0 Å². The van der Waals surface area contributed by atoms with Gasteiger partial charge in [-0.05, 0) is 80.1 Å². The van der Waals surface area contributed by atoms with Gasteiger partial charge >= 0.3 is 17.9 Å². The van der Waals surface area contributed by atoms with E-state index in [1.54, 1.807) is 11.8 Å². The lowest BCUT2D eigenvalue weighted by Gasteiger charge is -2.58. The van der Waals surface area contributed by atoms with Gasteiger partial charge in [0.25, 0.3) is 0 Å². The molecule has 12 nitrogen and oxygen atoms in total. The minimum absolute atomic E-state index is 0.0390. The summed E-state index contributed by atoms with van der Waals surface area (Å²) in [6, 6.07) is 0. The lowest BCUT2D eigenvalue weighted by Crippen LogP contribution is -2.55. The Morgan fingerprint density at radius 1 is 0.804 bits per heavy atom. The van der Waals surface area contributed by atoms with Crippen molar-refractivity contribution in [2.75, 3.05) is 39.9 Å². The first-order valence-corrected chi connectivity index (χ1v) is 20.5. The number of nitrogens with one attached hydrogen (secondary N) is 1. The Morgan fingerprint density at radius 3 is 1.84 bits per heavy atom. The molecule has 4 N–H and O–H groups in total. The van der Waals surface area contributed by atoms with Crippen molar-refractivity contribution in [1.82, 2.24) is 10.2 Å². The smallest absolute Gasteiger partial charge is 0.318 e. The molecule has 0 aromatic heterocycles. The number of carboxylic acids is 1. The molecule has 2 amide bonds. The number of aliphatic carboxylic acids is 1. The highest BCUT2D eigenvalue weighted by atomic mass is 32.1. The molecule has 13 heteroatoms. The molecule has 56 heavy (non-hydrogen) atoms. The summed E-state index contributed by atoms with van der Waals surface area (Å²) in [6.07, 6.45) is 3.99. The Morgan fingerprint density at radius 2 is 1.36 bits per heavy atom. The number of allylic oxidation sites excluding steroid dienone is 1. The Bertz CT molecular complexity index is 1300. The van der Waals surface area contributed by atoms with Crippen LogP contribution in [-0.4, -0.2) is 91.2 Å². The Kier molecular flexibility index (Phi) is 23.7. The number of carbonyl (C=O) groups excluding carboxylic acids is 5. The number of nitrogens with two attached hydrogens (primary N) is 1. The predicted octanol–water partition coefficient (Wildman–Crippen LogP) is 7.42. The van der Waals surface area contributed by atoms with E-state index in [9.17, 15) is 28.8 Å². The normalized spacial score (nSPS) is 14.8. The number of unbranched alkanes of at least 4 members (excludes halogenated alkanes) is 1. The van der Waals surface area contributed by atoms with Crippen molar-refractivity contribution in [3.05, 3.63) is 12.2 Å². The maximum Gasteiger partial charge on any atom is 0.318 e. The van der Waals surface area contributed by atoms with Crippen molar-refractivity contribution >= 4 is 48.6 Å². The summed E-state index contributed by atoms with van der Waals surface area (Å²) in [5, 5.41) is 10.9. The molecular formula is C43H79N3O9S. The second kappa shape index (κ2) is 24.1. The summed E-state index contributed by atoms with van der Waals surface area (Å²) in [4.78, 5) is 74.3. The molecule has 3 unspecified atom stereocenters. The lowest BCUT2D eigenvalue weighted by molar-refractivity contribution is -0.178. The number of esters is 2. The molecule has 0 aliphatic rings. The second-order valence-electron chi connectivity index (χ2n) is 18.7. The molecule has 0 rings (SSSR count). The van der Waals surface area contributed by atoms with Gasteiger partial charge in [-0.25, -0.2) is 0 Å². The van der Waals surface area contributed by atoms with Crippen molar-refractivity contribution < 1.29 is 43.3 Å². The largest absolute Gasteiger partial charge is 0.481 e. The first-order chi connectivity index (χ1) is 25.5. The van der Waals surface area contributed by atoms with Crippen LogP contribution in [0.4, 0.5) is 0 Å². The molecule has 0 aliphatic carbocycles. The molecule has 0 aliphatic heterocycles. The van der Waals surface area contributed by atoms with Gasteiger partial charge in [0.2, 0.25) is 11.8 Å². The van der Waals surface area contributed by atoms with E-state index < -0.39 is 33.4 Å². The van der Waals surface area contributed by atoms with Crippen LogP contribution in [-0.2, 0) is 38.2 Å². The fourth-order valence-corrected chi connectivity index (χ4v) is 7.27. The number of aldehydes is 1. The van der Waals surface area contributed by atoms with Crippen LogP contribution in [0.25, 0.3) is 0 Å². The zero-order valence-corrected chi connectivity index (χ0v) is 38.3. The Balaban J connectivity index is 0. The van der Waals surface area contributed by atoms with Crippen molar-refractivity contribution in [3.63, 3.8) is 0 Å². The van der Waals surface area contributed by atoms with Gasteiger partial charge in [-0.15, -0.1) is 0 Å². The van der Waals surface area contributed by atoms with Gasteiger partial charge < -0.3 is 35.3 Å². The Hall–Kier alpha value is -2.93. The zero-order valence-electron chi connectivity index (χ0n) is 37.4. The average molecular weight is 814 g/mol. The van der Waals surface area contributed by atoms with E-state index >= 15 is 0 Å². The van der Waals surface area contributed by atoms with E-state index in [0.29, 0.717) is 25.7 Å². The maximum absolute atomic E-state index is 14.1. The monoisotopic (exact) mass is 814 g/mol. The first-order valence-electron chi connectivity index (χ1n) is 20.0. The van der Waals surface area contributed by atoms with Gasteiger partial charge in [0.05, 0.1) is 17.1 Å². The molecule has 0 saturated carbocycles. The molecule has 0 fully saturated rings. The summed E-state index contributed by atoms with van der Waals surface area (Å²) in [6.45, 7) is 33.1. The highest BCUT2D eigenvalue weighted by molar-refractivity contribution is 7.81. The summed E-state index contributed by atoms with van der Waals surface area (Å²) >= 11 is 4.10. The zero-order chi connectivity index (χ0) is 44.3. The number of rotatable bonds is 25. The van der Waals surface area contributed by atoms with E-state index in [4.69, 9.17) is 14.6 Å². The standard InChI is InChI=1S/C42H74N2O9S.CH5N/c1-30(18-15-16-23-44(33(47)19-17-25-45)24-22-43-32(46)20-21-34(48)49)41(13,38(6,7)8)29-39(9,10)40(11,12)42(14,28-37(3,4)5)36(51)53-27-26-52-35(50)31(2)54;1-2/h25,31,54H,1,15-24,26-29H2,2-14H3,(H,43,46)(H,48,49);2H2,1H3. The number of hydrogen-bond acceptors (Lipinski definition) is 10. The minimum Gasteiger partial charge on any atom is -0.481 e. The first kappa shape index (κ1) is 55.2. The molecule has 0 aromatic carbocycles.